The fourth-order valence-corrected chi connectivity index (χ4v) is 2.54. The first kappa shape index (κ1) is 16.4. The quantitative estimate of drug-likeness (QED) is 0.743. The zero-order valence-corrected chi connectivity index (χ0v) is 13.3. The van der Waals surface area contributed by atoms with E-state index in [1.807, 2.05) is 18.2 Å². The first-order valence-electron chi connectivity index (χ1n) is 7.91. The van der Waals surface area contributed by atoms with Crippen molar-refractivity contribution in [1.82, 2.24) is 25.1 Å². The molecule has 1 N–H and O–H groups in total. The zero-order chi connectivity index (χ0) is 18.1. The van der Waals surface area contributed by atoms with Gasteiger partial charge in [-0.05, 0) is 30.9 Å². The molecule has 1 atom stereocenters. The normalized spacial score (nSPS) is 15.7. The van der Waals surface area contributed by atoms with Crippen LogP contribution in [0.5, 0.6) is 0 Å². The summed E-state index contributed by atoms with van der Waals surface area (Å²) >= 11 is 0. The smallest absolute Gasteiger partial charge is 0.346 e. The highest BCUT2D eigenvalue weighted by Gasteiger charge is 2.38. The Morgan fingerprint density at radius 2 is 1.88 bits per heavy atom. The highest BCUT2D eigenvalue weighted by Crippen LogP contribution is 2.41. The Morgan fingerprint density at radius 3 is 2.46 bits per heavy atom. The molecule has 1 fully saturated rings. The van der Waals surface area contributed by atoms with Crippen molar-refractivity contribution in [3.63, 3.8) is 0 Å². The topological polar surface area (TPSA) is 89.6 Å². The number of halogens is 3. The molecule has 0 aromatic carbocycles. The summed E-state index contributed by atoms with van der Waals surface area (Å²) < 4.78 is 41.8. The number of pyridine rings is 1. The van der Waals surface area contributed by atoms with Gasteiger partial charge in [0.25, 0.3) is 0 Å². The Morgan fingerprint density at radius 1 is 1.12 bits per heavy atom. The molecule has 1 aliphatic rings. The average molecular weight is 362 g/mol. The van der Waals surface area contributed by atoms with Crippen LogP contribution in [0.15, 0.2) is 41.3 Å². The van der Waals surface area contributed by atoms with Gasteiger partial charge >= 0.3 is 12.1 Å². The molecule has 134 valence electrons. The number of hydrogen-bond acceptors (Lipinski definition) is 7. The van der Waals surface area contributed by atoms with Crippen LogP contribution in [0.4, 0.5) is 19.1 Å². The Balaban J connectivity index is 1.51. The number of nitrogens with one attached hydrogen (secondary N) is 1. The van der Waals surface area contributed by atoms with E-state index >= 15 is 0 Å². The molecule has 0 bridgehead atoms. The molecule has 3 heterocycles. The molecule has 3 aromatic rings. The lowest BCUT2D eigenvalue weighted by molar-refractivity contribution is -0.159. The van der Waals surface area contributed by atoms with Gasteiger partial charge < -0.3 is 9.84 Å². The van der Waals surface area contributed by atoms with Crippen molar-refractivity contribution in [2.45, 2.75) is 25.1 Å². The lowest BCUT2D eigenvalue weighted by atomic mass is 10.1. The van der Waals surface area contributed by atoms with Gasteiger partial charge in [-0.2, -0.15) is 18.2 Å². The molecule has 3 aromatic heterocycles. The maximum absolute atomic E-state index is 12.5. The molecule has 7 nitrogen and oxygen atoms in total. The Bertz CT molecular complexity index is 877. The fourth-order valence-electron chi connectivity index (χ4n) is 2.54. The van der Waals surface area contributed by atoms with E-state index in [1.165, 1.54) is 12.4 Å². The summed E-state index contributed by atoms with van der Waals surface area (Å²) in [6.07, 6.45) is 1.93. The number of hydrogen-bond donors (Lipinski definition) is 1. The Labute approximate surface area is 145 Å². The minimum absolute atomic E-state index is 0.0101. The Hall–Kier alpha value is -3.04. The number of anilines is 1. The molecule has 0 saturated heterocycles. The van der Waals surface area contributed by atoms with E-state index in [0.717, 1.165) is 18.5 Å². The molecule has 1 aliphatic carbocycles. The average Bonchev–Trinajstić information content (AvgIpc) is 3.35. The predicted molar refractivity (Wildman–Crippen MR) is 83.7 cm³/mol. The van der Waals surface area contributed by atoms with Crippen LogP contribution in [0.3, 0.4) is 0 Å². The molecule has 0 spiro atoms. The third kappa shape index (κ3) is 3.48. The fraction of sp³-hybridized carbons (Fsp3) is 0.312. The van der Waals surface area contributed by atoms with Crippen LogP contribution in [-0.2, 0) is 6.18 Å². The van der Waals surface area contributed by atoms with E-state index < -0.39 is 12.1 Å². The lowest BCUT2D eigenvalue weighted by Crippen LogP contribution is -2.16. The standard InChI is InChI=1S/C16H13F3N6O/c17-16(18,19)14-24-13(25-26-14)10-7-21-15(22-8-10)23-12(9-4-5-9)11-3-1-2-6-20-11/h1-3,6-9,12H,4-5H2,(H,21,22,23). The van der Waals surface area contributed by atoms with Gasteiger partial charge in [0.2, 0.25) is 11.8 Å². The number of nitrogens with zero attached hydrogens (tertiary/aromatic N) is 5. The van der Waals surface area contributed by atoms with E-state index in [1.54, 1.807) is 6.20 Å². The van der Waals surface area contributed by atoms with Crippen molar-refractivity contribution in [3.8, 4) is 11.4 Å². The second-order valence-electron chi connectivity index (χ2n) is 5.93. The van der Waals surface area contributed by atoms with Gasteiger partial charge in [-0.25, -0.2) is 9.97 Å². The molecule has 10 heteroatoms. The van der Waals surface area contributed by atoms with Gasteiger partial charge in [0, 0.05) is 18.6 Å². The maximum atomic E-state index is 12.5. The number of aromatic nitrogens is 5. The van der Waals surface area contributed by atoms with Crippen LogP contribution >= 0.6 is 0 Å². The minimum Gasteiger partial charge on any atom is -0.346 e. The van der Waals surface area contributed by atoms with Crippen molar-refractivity contribution < 1.29 is 17.7 Å². The molecule has 0 radical (unpaired) electrons. The maximum Gasteiger partial charge on any atom is 0.471 e. The van der Waals surface area contributed by atoms with Gasteiger partial charge in [-0.15, -0.1) is 0 Å². The van der Waals surface area contributed by atoms with E-state index in [9.17, 15) is 13.2 Å². The molecule has 0 amide bonds. The first-order valence-corrected chi connectivity index (χ1v) is 7.91. The second kappa shape index (κ2) is 6.36. The summed E-state index contributed by atoms with van der Waals surface area (Å²) in [4.78, 5) is 16.0. The summed E-state index contributed by atoms with van der Waals surface area (Å²) in [5.41, 5.74) is 1.13. The van der Waals surface area contributed by atoms with E-state index in [2.05, 4.69) is 34.9 Å². The van der Waals surface area contributed by atoms with Gasteiger partial charge in [-0.1, -0.05) is 11.2 Å². The molecular formula is C16H13F3N6O. The van der Waals surface area contributed by atoms with Crippen LogP contribution in [-0.4, -0.2) is 25.1 Å². The third-order valence-corrected chi connectivity index (χ3v) is 3.96. The summed E-state index contributed by atoms with van der Waals surface area (Å²) in [6.45, 7) is 0. The van der Waals surface area contributed by atoms with Gasteiger partial charge in [-0.3, -0.25) is 4.98 Å². The SMILES string of the molecule is FC(F)(F)c1nc(-c2cnc(NC(c3ccccn3)C3CC3)nc2)no1. The van der Waals surface area contributed by atoms with Gasteiger partial charge in [0.1, 0.15) is 0 Å². The van der Waals surface area contributed by atoms with Crippen molar-refractivity contribution in [1.29, 1.82) is 0 Å². The molecule has 1 saturated carbocycles. The van der Waals surface area contributed by atoms with Gasteiger partial charge in [0.15, 0.2) is 0 Å². The monoisotopic (exact) mass is 362 g/mol. The second-order valence-corrected chi connectivity index (χ2v) is 5.93. The van der Waals surface area contributed by atoms with Crippen molar-refractivity contribution >= 4 is 5.95 Å². The third-order valence-electron chi connectivity index (χ3n) is 3.96. The van der Waals surface area contributed by atoms with Crippen molar-refractivity contribution in [3.05, 3.63) is 48.4 Å². The van der Waals surface area contributed by atoms with Crippen molar-refractivity contribution in [2.24, 2.45) is 5.92 Å². The molecule has 26 heavy (non-hydrogen) atoms. The van der Waals surface area contributed by atoms with E-state index in [4.69, 9.17) is 0 Å². The highest BCUT2D eigenvalue weighted by atomic mass is 19.4. The van der Waals surface area contributed by atoms with E-state index in [0.29, 0.717) is 11.9 Å². The summed E-state index contributed by atoms with van der Waals surface area (Å²) in [5.74, 6) is -0.804. The van der Waals surface area contributed by atoms with Crippen LogP contribution in [0, 0.1) is 5.92 Å². The van der Waals surface area contributed by atoms with Gasteiger partial charge in [0.05, 0.1) is 17.3 Å². The predicted octanol–water partition coefficient (Wildman–Crippen LogP) is 3.50. The van der Waals surface area contributed by atoms with Crippen LogP contribution in [0.1, 0.15) is 30.5 Å². The Kier molecular flexibility index (Phi) is 4.02. The summed E-state index contributed by atoms with van der Waals surface area (Å²) in [7, 11) is 0. The molecule has 4 rings (SSSR count). The minimum atomic E-state index is -4.69. The molecule has 1 unspecified atom stereocenters. The lowest BCUT2D eigenvalue weighted by Gasteiger charge is -2.17. The van der Waals surface area contributed by atoms with Crippen LogP contribution in [0.2, 0.25) is 0 Å². The number of alkyl halides is 3. The van der Waals surface area contributed by atoms with E-state index in [-0.39, 0.29) is 17.4 Å². The number of rotatable bonds is 5. The summed E-state index contributed by atoms with van der Waals surface area (Å²) in [5, 5.41) is 6.55. The first-order chi connectivity index (χ1) is 12.5. The highest BCUT2D eigenvalue weighted by molar-refractivity contribution is 5.52. The van der Waals surface area contributed by atoms with Crippen LogP contribution in [0.25, 0.3) is 11.4 Å². The van der Waals surface area contributed by atoms with Crippen molar-refractivity contribution in [2.75, 3.05) is 5.32 Å². The molecule has 0 aliphatic heterocycles. The largest absolute Gasteiger partial charge is 0.471 e. The molecular weight excluding hydrogens is 349 g/mol. The zero-order valence-electron chi connectivity index (χ0n) is 13.3. The van der Waals surface area contributed by atoms with Crippen LogP contribution < -0.4 is 5.32 Å². The summed E-state index contributed by atoms with van der Waals surface area (Å²) in [6, 6.07) is 5.68.